The van der Waals surface area contributed by atoms with E-state index < -0.39 is 0 Å². The minimum absolute atomic E-state index is 0.159. The highest BCUT2D eigenvalue weighted by molar-refractivity contribution is 9.09. The second kappa shape index (κ2) is 3.57. The highest BCUT2D eigenvalue weighted by Gasteiger charge is 2.30. The standard InChI is InChI=1S/C8H14BrNO/c1-6(2)8(11)10-4-7(3-9)5-10/h6-7H,3-5H2,1-2H3. The van der Waals surface area contributed by atoms with Crippen LogP contribution in [-0.4, -0.2) is 29.2 Å². The fraction of sp³-hybridized carbons (Fsp3) is 0.875. The van der Waals surface area contributed by atoms with Crippen LogP contribution in [0.15, 0.2) is 0 Å². The molecule has 1 aliphatic heterocycles. The van der Waals surface area contributed by atoms with Crippen molar-refractivity contribution in [2.24, 2.45) is 11.8 Å². The molecule has 1 heterocycles. The van der Waals surface area contributed by atoms with Crippen LogP contribution in [0.4, 0.5) is 0 Å². The van der Waals surface area contributed by atoms with Gasteiger partial charge in [0.1, 0.15) is 0 Å². The predicted octanol–water partition coefficient (Wildman–Crippen LogP) is 1.50. The van der Waals surface area contributed by atoms with Crippen molar-refractivity contribution < 1.29 is 4.79 Å². The van der Waals surface area contributed by atoms with Gasteiger partial charge in [-0.3, -0.25) is 4.79 Å². The summed E-state index contributed by atoms with van der Waals surface area (Å²) in [7, 11) is 0. The number of hydrogen-bond donors (Lipinski definition) is 0. The van der Waals surface area contributed by atoms with E-state index in [1.165, 1.54) is 0 Å². The lowest BCUT2D eigenvalue weighted by Crippen LogP contribution is -2.51. The molecule has 1 aliphatic rings. The molecule has 0 aromatic carbocycles. The smallest absolute Gasteiger partial charge is 0.225 e. The molecule has 0 N–H and O–H groups in total. The Labute approximate surface area is 76.1 Å². The van der Waals surface area contributed by atoms with Crippen LogP contribution < -0.4 is 0 Å². The van der Waals surface area contributed by atoms with Gasteiger partial charge in [0.25, 0.3) is 0 Å². The third-order valence-corrected chi connectivity index (χ3v) is 2.90. The zero-order chi connectivity index (χ0) is 8.43. The molecule has 0 atom stereocenters. The zero-order valence-electron chi connectivity index (χ0n) is 7.01. The fourth-order valence-corrected chi connectivity index (χ4v) is 1.62. The molecule has 1 rings (SSSR count). The summed E-state index contributed by atoms with van der Waals surface area (Å²) in [6.07, 6.45) is 0. The van der Waals surface area contributed by atoms with Gasteiger partial charge >= 0.3 is 0 Å². The largest absolute Gasteiger partial charge is 0.342 e. The number of halogens is 1. The minimum Gasteiger partial charge on any atom is -0.342 e. The first-order valence-corrected chi connectivity index (χ1v) is 5.12. The van der Waals surface area contributed by atoms with Crippen molar-refractivity contribution in [3.8, 4) is 0 Å². The van der Waals surface area contributed by atoms with E-state index in [1.54, 1.807) is 0 Å². The maximum absolute atomic E-state index is 11.3. The molecule has 0 aromatic rings. The molecule has 2 nitrogen and oxygen atoms in total. The fourth-order valence-electron chi connectivity index (χ4n) is 1.21. The van der Waals surface area contributed by atoms with Crippen LogP contribution in [0.3, 0.4) is 0 Å². The summed E-state index contributed by atoms with van der Waals surface area (Å²) >= 11 is 3.40. The molecule has 64 valence electrons. The Balaban J connectivity index is 2.27. The summed E-state index contributed by atoms with van der Waals surface area (Å²) < 4.78 is 0. The minimum atomic E-state index is 0.159. The third kappa shape index (κ3) is 1.95. The molecule has 11 heavy (non-hydrogen) atoms. The summed E-state index contributed by atoms with van der Waals surface area (Å²) in [6, 6.07) is 0. The Bertz CT molecular complexity index is 152. The van der Waals surface area contributed by atoms with E-state index in [9.17, 15) is 4.79 Å². The van der Waals surface area contributed by atoms with Crippen molar-refractivity contribution >= 4 is 21.8 Å². The molecule has 0 unspecified atom stereocenters. The Morgan fingerprint density at radius 1 is 1.64 bits per heavy atom. The average molecular weight is 220 g/mol. The maximum Gasteiger partial charge on any atom is 0.225 e. The second-order valence-corrected chi connectivity index (χ2v) is 4.07. The van der Waals surface area contributed by atoms with Crippen LogP contribution in [-0.2, 0) is 4.79 Å². The first-order valence-electron chi connectivity index (χ1n) is 4.00. The van der Waals surface area contributed by atoms with Crippen LogP contribution in [0.1, 0.15) is 13.8 Å². The summed E-state index contributed by atoms with van der Waals surface area (Å²) in [5.41, 5.74) is 0. The molecule has 0 aliphatic carbocycles. The second-order valence-electron chi connectivity index (χ2n) is 3.42. The third-order valence-electron chi connectivity index (χ3n) is 1.98. The van der Waals surface area contributed by atoms with Gasteiger partial charge in [0.15, 0.2) is 0 Å². The summed E-state index contributed by atoms with van der Waals surface area (Å²) in [5, 5.41) is 1.02. The van der Waals surface area contributed by atoms with Crippen LogP contribution in [0.5, 0.6) is 0 Å². The van der Waals surface area contributed by atoms with Gasteiger partial charge in [0.2, 0.25) is 5.91 Å². The van der Waals surface area contributed by atoms with Gasteiger partial charge in [-0.15, -0.1) is 0 Å². The molecule has 0 saturated carbocycles. The van der Waals surface area contributed by atoms with Gasteiger partial charge in [0, 0.05) is 30.3 Å². The van der Waals surface area contributed by atoms with Gasteiger partial charge < -0.3 is 4.90 Å². The number of rotatable bonds is 2. The molecule has 1 fully saturated rings. The summed E-state index contributed by atoms with van der Waals surface area (Å²) in [4.78, 5) is 13.2. The molecular formula is C8H14BrNO. The Hall–Kier alpha value is -0.0500. The van der Waals surface area contributed by atoms with E-state index in [2.05, 4.69) is 15.9 Å². The quantitative estimate of drug-likeness (QED) is 0.645. The van der Waals surface area contributed by atoms with Crippen molar-refractivity contribution in [1.82, 2.24) is 4.90 Å². The first kappa shape index (κ1) is 9.04. The molecule has 0 aromatic heterocycles. The van der Waals surface area contributed by atoms with E-state index in [1.807, 2.05) is 18.7 Å². The van der Waals surface area contributed by atoms with Crippen molar-refractivity contribution in [2.45, 2.75) is 13.8 Å². The van der Waals surface area contributed by atoms with Gasteiger partial charge in [-0.1, -0.05) is 29.8 Å². The lowest BCUT2D eigenvalue weighted by atomic mass is 10.0. The number of carbonyl (C=O) groups is 1. The number of amides is 1. The normalized spacial score (nSPS) is 18.7. The first-order chi connectivity index (χ1) is 5.15. The van der Waals surface area contributed by atoms with Gasteiger partial charge in [0.05, 0.1) is 0 Å². The highest BCUT2D eigenvalue weighted by Crippen LogP contribution is 2.19. The van der Waals surface area contributed by atoms with Crippen LogP contribution in [0, 0.1) is 11.8 Å². The van der Waals surface area contributed by atoms with E-state index in [0.717, 1.165) is 18.4 Å². The van der Waals surface area contributed by atoms with E-state index in [-0.39, 0.29) is 5.92 Å². The van der Waals surface area contributed by atoms with Gasteiger partial charge in [-0.2, -0.15) is 0 Å². The Kier molecular flexibility index (Phi) is 2.93. The molecule has 3 heteroatoms. The Morgan fingerprint density at radius 3 is 2.55 bits per heavy atom. The SMILES string of the molecule is CC(C)C(=O)N1CC(CBr)C1. The number of carbonyl (C=O) groups excluding carboxylic acids is 1. The monoisotopic (exact) mass is 219 g/mol. The maximum atomic E-state index is 11.3. The number of nitrogens with zero attached hydrogens (tertiary/aromatic N) is 1. The van der Waals surface area contributed by atoms with Crippen LogP contribution >= 0.6 is 15.9 Å². The van der Waals surface area contributed by atoms with E-state index in [4.69, 9.17) is 0 Å². The number of hydrogen-bond acceptors (Lipinski definition) is 1. The van der Waals surface area contributed by atoms with Crippen molar-refractivity contribution in [1.29, 1.82) is 0 Å². The lowest BCUT2D eigenvalue weighted by Gasteiger charge is -2.39. The predicted molar refractivity (Wildman–Crippen MR) is 48.7 cm³/mol. The molecular weight excluding hydrogens is 206 g/mol. The Morgan fingerprint density at radius 2 is 2.18 bits per heavy atom. The van der Waals surface area contributed by atoms with Crippen molar-refractivity contribution in [2.75, 3.05) is 18.4 Å². The number of alkyl halides is 1. The van der Waals surface area contributed by atoms with Crippen molar-refractivity contribution in [3.63, 3.8) is 0 Å². The van der Waals surface area contributed by atoms with Gasteiger partial charge in [-0.25, -0.2) is 0 Å². The summed E-state index contributed by atoms with van der Waals surface area (Å²) in [5.74, 6) is 1.14. The molecule has 0 radical (unpaired) electrons. The zero-order valence-corrected chi connectivity index (χ0v) is 8.60. The molecule has 0 spiro atoms. The van der Waals surface area contributed by atoms with Crippen molar-refractivity contribution in [3.05, 3.63) is 0 Å². The highest BCUT2D eigenvalue weighted by atomic mass is 79.9. The molecule has 0 bridgehead atoms. The van der Waals surface area contributed by atoms with E-state index in [0.29, 0.717) is 11.8 Å². The average Bonchev–Trinajstić information content (AvgIpc) is 1.85. The number of likely N-dealkylation sites (tertiary alicyclic amines) is 1. The van der Waals surface area contributed by atoms with E-state index >= 15 is 0 Å². The summed E-state index contributed by atoms with van der Waals surface area (Å²) in [6.45, 7) is 5.79. The lowest BCUT2D eigenvalue weighted by molar-refractivity contribution is -0.140. The van der Waals surface area contributed by atoms with Crippen LogP contribution in [0.25, 0.3) is 0 Å². The van der Waals surface area contributed by atoms with Crippen LogP contribution in [0.2, 0.25) is 0 Å². The molecule has 1 saturated heterocycles. The van der Waals surface area contributed by atoms with Gasteiger partial charge in [-0.05, 0) is 0 Å². The topological polar surface area (TPSA) is 20.3 Å². The molecule has 1 amide bonds.